The molecule has 3 aromatic rings. The van der Waals surface area contributed by atoms with Gasteiger partial charge in [-0.3, -0.25) is 9.78 Å². The third-order valence-corrected chi connectivity index (χ3v) is 6.01. The number of rotatable bonds is 8. The summed E-state index contributed by atoms with van der Waals surface area (Å²) < 4.78 is 40.4. The number of hydrogen-bond donors (Lipinski definition) is 2. The number of anilines is 1. The van der Waals surface area contributed by atoms with Gasteiger partial charge in [-0.1, -0.05) is 19.1 Å². The molecule has 1 aromatic heterocycles. The smallest absolute Gasteiger partial charge is 0.242 e. The maximum Gasteiger partial charge on any atom is 0.242 e. The van der Waals surface area contributed by atoms with E-state index >= 15 is 0 Å². The third kappa shape index (κ3) is 5.71. The Kier molecular flexibility index (Phi) is 6.91. The second-order valence-corrected chi connectivity index (χ2v) is 8.47. The Morgan fingerprint density at radius 1 is 0.967 bits per heavy atom. The highest BCUT2D eigenvalue weighted by atomic mass is 32.2. The summed E-state index contributed by atoms with van der Waals surface area (Å²) >= 11 is 0. The van der Waals surface area contributed by atoms with Crippen molar-refractivity contribution in [1.82, 2.24) is 9.71 Å². The number of hydrogen-bond acceptors (Lipinski definition) is 4. The molecule has 0 aliphatic carbocycles. The number of aromatic nitrogens is 1. The molecule has 30 heavy (non-hydrogen) atoms. The molecule has 1 unspecified atom stereocenters. The molecule has 0 bridgehead atoms. The first-order valence-corrected chi connectivity index (χ1v) is 10.9. The van der Waals surface area contributed by atoms with Gasteiger partial charge >= 0.3 is 0 Å². The Bertz CT molecular complexity index is 1090. The van der Waals surface area contributed by atoms with Gasteiger partial charge in [0, 0.05) is 18.1 Å². The number of nitrogens with zero attached hydrogens (tertiary/aromatic N) is 1. The summed E-state index contributed by atoms with van der Waals surface area (Å²) in [5.74, 6) is -1.00. The number of nitrogens with one attached hydrogen (secondary N) is 2. The van der Waals surface area contributed by atoms with Gasteiger partial charge in [0.05, 0.1) is 4.90 Å². The van der Waals surface area contributed by atoms with Gasteiger partial charge in [0.2, 0.25) is 15.9 Å². The highest BCUT2D eigenvalue weighted by molar-refractivity contribution is 7.89. The minimum absolute atomic E-state index is 0.101. The van der Waals surface area contributed by atoms with Crippen molar-refractivity contribution in [3.8, 4) is 0 Å². The molecule has 0 fully saturated rings. The summed E-state index contributed by atoms with van der Waals surface area (Å²) in [4.78, 5) is 16.5. The third-order valence-electron chi connectivity index (χ3n) is 4.53. The van der Waals surface area contributed by atoms with E-state index in [0.717, 1.165) is 41.8 Å². The second-order valence-electron chi connectivity index (χ2n) is 6.75. The van der Waals surface area contributed by atoms with Gasteiger partial charge in [0.25, 0.3) is 0 Å². The lowest BCUT2D eigenvalue weighted by atomic mass is 10.1. The van der Waals surface area contributed by atoms with Crippen molar-refractivity contribution in [3.05, 3.63) is 90.0 Å². The van der Waals surface area contributed by atoms with Crippen LogP contribution in [0.4, 0.5) is 10.1 Å². The number of sulfonamides is 1. The molecule has 3 rings (SSSR count). The summed E-state index contributed by atoms with van der Waals surface area (Å²) in [5, 5.41) is 2.73. The van der Waals surface area contributed by atoms with E-state index in [-0.39, 0.29) is 11.3 Å². The maximum atomic E-state index is 13.0. The number of pyridine rings is 1. The second kappa shape index (κ2) is 9.60. The first-order chi connectivity index (χ1) is 14.4. The van der Waals surface area contributed by atoms with Crippen molar-refractivity contribution in [1.29, 1.82) is 0 Å². The van der Waals surface area contributed by atoms with Crippen molar-refractivity contribution in [2.45, 2.75) is 30.7 Å². The Labute approximate surface area is 175 Å². The molecule has 6 nitrogen and oxygen atoms in total. The van der Waals surface area contributed by atoms with E-state index in [2.05, 4.69) is 15.0 Å². The molecule has 2 aromatic carbocycles. The standard InChI is InChI=1S/C22H22FN3O3S/c1-2-21(26-30(28,29)20-9-5-18(23)6-10-20)22(27)25-19-7-3-16(4-8-19)15-17-11-13-24-14-12-17/h3-14,21,26H,2,15H2,1H3,(H,25,27). The molecule has 2 N–H and O–H groups in total. The molecule has 1 amide bonds. The van der Waals surface area contributed by atoms with E-state index < -0.39 is 27.8 Å². The van der Waals surface area contributed by atoms with Crippen molar-refractivity contribution in [3.63, 3.8) is 0 Å². The Morgan fingerprint density at radius 3 is 2.17 bits per heavy atom. The maximum absolute atomic E-state index is 13.0. The molecule has 0 aliphatic heterocycles. The fourth-order valence-electron chi connectivity index (χ4n) is 2.86. The fraction of sp³-hybridized carbons (Fsp3) is 0.182. The quantitative estimate of drug-likeness (QED) is 0.576. The van der Waals surface area contributed by atoms with Crippen molar-refractivity contribution in [2.75, 3.05) is 5.32 Å². The molecule has 1 atom stereocenters. The van der Waals surface area contributed by atoms with Crippen LogP contribution in [0.15, 0.2) is 78.0 Å². The van der Waals surface area contributed by atoms with Crippen LogP contribution in [0.3, 0.4) is 0 Å². The zero-order valence-corrected chi connectivity index (χ0v) is 17.2. The Hall–Kier alpha value is -3.10. The van der Waals surface area contributed by atoms with Crippen LogP contribution in [0.1, 0.15) is 24.5 Å². The van der Waals surface area contributed by atoms with E-state index in [1.165, 1.54) is 0 Å². The molecule has 0 saturated carbocycles. The molecular weight excluding hydrogens is 405 g/mol. The topological polar surface area (TPSA) is 88.2 Å². The lowest BCUT2D eigenvalue weighted by Crippen LogP contribution is -2.43. The number of halogens is 1. The van der Waals surface area contributed by atoms with Gasteiger partial charge < -0.3 is 5.32 Å². The summed E-state index contributed by atoms with van der Waals surface area (Å²) in [7, 11) is -3.95. The van der Waals surface area contributed by atoms with Crippen LogP contribution in [0.25, 0.3) is 0 Å². The van der Waals surface area contributed by atoms with Gasteiger partial charge in [0.15, 0.2) is 0 Å². The van der Waals surface area contributed by atoms with E-state index in [4.69, 9.17) is 0 Å². The molecule has 0 radical (unpaired) electrons. The Balaban J connectivity index is 1.64. The lowest BCUT2D eigenvalue weighted by molar-refractivity contribution is -0.117. The summed E-state index contributed by atoms with van der Waals surface area (Å²) in [6.45, 7) is 1.70. The Morgan fingerprint density at radius 2 is 1.57 bits per heavy atom. The zero-order valence-electron chi connectivity index (χ0n) is 16.4. The van der Waals surface area contributed by atoms with E-state index in [9.17, 15) is 17.6 Å². The van der Waals surface area contributed by atoms with Crippen LogP contribution in [0.2, 0.25) is 0 Å². The number of benzene rings is 2. The molecular formula is C22H22FN3O3S. The minimum Gasteiger partial charge on any atom is -0.325 e. The van der Waals surface area contributed by atoms with Gasteiger partial charge in [-0.2, -0.15) is 4.72 Å². The molecule has 0 saturated heterocycles. The summed E-state index contributed by atoms with van der Waals surface area (Å²) in [6, 6.07) is 14.7. The minimum atomic E-state index is -3.95. The number of carbonyl (C=O) groups excluding carboxylic acids is 1. The molecule has 8 heteroatoms. The molecule has 1 heterocycles. The monoisotopic (exact) mass is 427 g/mol. The average Bonchev–Trinajstić information content (AvgIpc) is 2.74. The van der Waals surface area contributed by atoms with Crippen molar-refractivity contribution >= 4 is 21.6 Å². The number of amides is 1. The van der Waals surface area contributed by atoms with E-state index in [0.29, 0.717) is 5.69 Å². The predicted octanol–water partition coefficient (Wildman–Crippen LogP) is 3.51. The van der Waals surface area contributed by atoms with Crippen molar-refractivity contribution in [2.24, 2.45) is 0 Å². The van der Waals surface area contributed by atoms with E-state index in [1.807, 2.05) is 24.3 Å². The largest absolute Gasteiger partial charge is 0.325 e. The molecule has 0 aliphatic rings. The first kappa shape index (κ1) is 21.6. The van der Waals surface area contributed by atoms with Crippen LogP contribution < -0.4 is 10.0 Å². The molecule has 156 valence electrons. The van der Waals surface area contributed by atoms with Crippen LogP contribution in [0.5, 0.6) is 0 Å². The summed E-state index contributed by atoms with van der Waals surface area (Å²) in [6.07, 6.45) is 4.47. The van der Waals surface area contributed by atoms with Crippen LogP contribution in [-0.2, 0) is 21.2 Å². The lowest BCUT2D eigenvalue weighted by Gasteiger charge is -2.17. The highest BCUT2D eigenvalue weighted by Crippen LogP contribution is 2.15. The average molecular weight is 428 g/mol. The SMILES string of the molecule is CCC(NS(=O)(=O)c1ccc(F)cc1)C(=O)Nc1ccc(Cc2ccncc2)cc1. The normalized spacial score (nSPS) is 12.3. The van der Waals surface area contributed by atoms with Gasteiger partial charge in [-0.05, 0) is 72.5 Å². The molecule has 0 spiro atoms. The van der Waals surface area contributed by atoms with Gasteiger partial charge in [-0.15, -0.1) is 0 Å². The fourth-order valence-corrected chi connectivity index (χ4v) is 4.14. The van der Waals surface area contributed by atoms with Crippen molar-refractivity contribution < 1.29 is 17.6 Å². The number of carbonyl (C=O) groups is 1. The first-order valence-electron chi connectivity index (χ1n) is 9.44. The predicted molar refractivity (Wildman–Crippen MR) is 113 cm³/mol. The van der Waals surface area contributed by atoms with E-state index in [1.54, 1.807) is 31.5 Å². The van der Waals surface area contributed by atoms with Gasteiger partial charge in [-0.25, -0.2) is 12.8 Å². The van der Waals surface area contributed by atoms with Crippen LogP contribution in [-0.4, -0.2) is 25.4 Å². The van der Waals surface area contributed by atoms with Crippen LogP contribution in [0, 0.1) is 5.82 Å². The zero-order chi connectivity index (χ0) is 21.6. The summed E-state index contributed by atoms with van der Waals surface area (Å²) in [5.41, 5.74) is 2.77. The highest BCUT2D eigenvalue weighted by Gasteiger charge is 2.24. The van der Waals surface area contributed by atoms with Gasteiger partial charge in [0.1, 0.15) is 11.9 Å². The van der Waals surface area contributed by atoms with Crippen LogP contribution >= 0.6 is 0 Å².